The van der Waals surface area contributed by atoms with Crippen LogP contribution in [0.5, 0.6) is 0 Å². The summed E-state index contributed by atoms with van der Waals surface area (Å²) in [4.78, 5) is 24.3. The molecule has 2 amide bonds. The van der Waals surface area contributed by atoms with Gasteiger partial charge in [-0.3, -0.25) is 9.59 Å². The lowest BCUT2D eigenvalue weighted by Crippen LogP contribution is -2.37. The fourth-order valence-corrected chi connectivity index (χ4v) is 4.85. The Hall–Kier alpha value is -2.76. The predicted octanol–water partition coefficient (Wildman–Crippen LogP) is 0.647. The van der Waals surface area contributed by atoms with Crippen molar-refractivity contribution in [2.45, 2.75) is 16.2 Å². The molecule has 2 aromatic rings. The highest BCUT2D eigenvalue weighted by Crippen LogP contribution is 2.15. The lowest BCUT2D eigenvalue weighted by atomic mass is 10.2. The Bertz CT molecular complexity index is 1130. The van der Waals surface area contributed by atoms with Crippen molar-refractivity contribution in [2.24, 2.45) is 0 Å². The molecule has 0 saturated carbocycles. The highest BCUT2D eigenvalue weighted by molar-refractivity contribution is 7.91. The molecule has 168 valence electrons. The number of carbonyl (C=O) groups excluding carboxylic acids is 2. The van der Waals surface area contributed by atoms with Crippen LogP contribution in [0.15, 0.2) is 64.4 Å². The Labute approximate surface area is 182 Å². The van der Waals surface area contributed by atoms with Crippen LogP contribution < -0.4 is 10.6 Å². The standard InChI is InChI=1S/C20H25N3O6S2/c1-23(2)31(28,29)18-11-6-8-16(14-18)20(25)22-15-19(24)21-12-7-13-30(26,27)17-9-4-3-5-10-17/h3-6,8-11,14H,7,12-13,15H2,1-2H3,(H,21,24)(H,22,25). The van der Waals surface area contributed by atoms with E-state index in [1.165, 1.54) is 50.5 Å². The summed E-state index contributed by atoms with van der Waals surface area (Å²) in [5.41, 5.74) is 0.102. The minimum Gasteiger partial charge on any atom is -0.355 e. The molecule has 2 rings (SSSR count). The average Bonchev–Trinajstić information content (AvgIpc) is 2.75. The Morgan fingerprint density at radius 3 is 2.16 bits per heavy atom. The molecule has 0 bridgehead atoms. The highest BCUT2D eigenvalue weighted by Gasteiger charge is 2.19. The summed E-state index contributed by atoms with van der Waals surface area (Å²) in [5.74, 6) is -1.20. The molecule has 0 unspecified atom stereocenters. The van der Waals surface area contributed by atoms with E-state index in [0.717, 1.165) is 4.31 Å². The van der Waals surface area contributed by atoms with Crippen LogP contribution in [0.3, 0.4) is 0 Å². The molecule has 0 fully saturated rings. The van der Waals surface area contributed by atoms with Crippen molar-refractivity contribution in [3.63, 3.8) is 0 Å². The molecule has 0 aliphatic rings. The third-order valence-electron chi connectivity index (χ3n) is 4.30. The molecule has 2 aromatic carbocycles. The normalized spacial score (nSPS) is 11.8. The van der Waals surface area contributed by atoms with Gasteiger partial charge in [0.25, 0.3) is 5.91 Å². The zero-order chi connectivity index (χ0) is 23.1. The Kier molecular flexibility index (Phi) is 8.31. The maximum absolute atomic E-state index is 12.2. The van der Waals surface area contributed by atoms with Gasteiger partial charge in [0.2, 0.25) is 15.9 Å². The van der Waals surface area contributed by atoms with Gasteiger partial charge in [0.05, 0.1) is 22.1 Å². The van der Waals surface area contributed by atoms with E-state index in [9.17, 15) is 26.4 Å². The quantitative estimate of drug-likeness (QED) is 0.494. The van der Waals surface area contributed by atoms with Gasteiger partial charge in [-0.05, 0) is 36.8 Å². The zero-order valence-electron chi connectivity index (χ0n) is 17.2. The predicted molar refractivity (Wildman–Crippen MR) is 116 cm³/mol. The summed E-state index contributed by atoms with van der Waals surface area (Å²) in [6.07, 6.45) is 0.224. The number of rotatable bonds is 10. The van der Waals surface area contributed by atoms with Crippen LogP contribution in [0.1, 0.15) is 16.8 Å². The van der Waals surface area contributed by atoms with Gasteiger partial charge in [0.15, 0.2) is 9.84 Å². The number of amides is 2. The summed E-state index contributed by atoms with van der Waals surface area (Å²) < 4.78 is 49.7. The molecule has 0 radical (unpaired) electrons. The molecule has 0 aliphatic heterocycles. The van der Waals surface area contributed by atoms with Crippen LogP contribution in [-0.4, -0.2) is 65.9 Å². The van der Waals surface area contributed by atoms with E-state index < -0.39 is 31.7 Å². The summed E-state index contributed by atoms with van der Waals surface area (Å²) in [7, 11) is -4.33. The molecule has 0 aliphatic carbocycles. The Morgan fingerprint density at radius 1 is 0.871 bits per heavy atom. The monoisotopic (exact) mass is 467 g/mol. The SMILES string of the molecule is CN(C)S(=O)(=O)c1cccc(C(=O)NCC(=O)NCCCS(=O)(=O)c2ccccc2)c1. The molecule has 11 heteroatoms. The molecular formula is C20H25N3O6S2. The minimum absolute atomic E-state index is 0.0331. The first-order chi connectivity index (χ1) is 14.5. The fraction of sp³-hybridized carbons (Fsp3) is 0.300. The van der Waals surface area contributed by atoms with Crippen molar-refractivity contribution in [1.29, 1.82) is 0 Å². The number of carbonyl (C=O) groups is 2. The molecule has 0 aromatic heterocycles. The van der Waals surface area contributed by atoms with Crippen molar-refractivity contribution in [1.82, 2.24) is 14.9 Å². The summed E-state index contributed by atoms with van der Waals surface area (Å²) in [6, 6.07) is 13.5. The second kappa shape index (κ2) is 10.5. The lowest BCUT2D eigenvalue weighted by Gasteiger charge is -2.12. The maximum atomic E-state index is 12.2. The van der Waals surface area contributed by atoms with Gasteiger partial charge in [-0.15, -0.1) is 0 Å². The van der Waals surface area contributed by atoms with Crippen molar-refractivity contribution in [2.75, 3.05) is 32.9 Å². The maximum Gasteiger partial charge on any atom is 0.251 e. The summed E-state index contributed by atoms with van der Waals surface area (Å²) >= 11 is 0. The molecule has 31 heavy (non-hydrogen) atoms. The number of nitrogens with zero attached hydrogens (tertiary/aromatic N) is 1. The topological polar surface area (TPSA) is 130 Å². The second-order valence-corrected chi connectivity index (χ2v) is 11.1. The summed E-state index contributed by atoms with van der Waals surface area (Å²) in [6.45, 7) is -0.188. The largest absolute Gasteiger partial charge is 0.355 e. The number of sulfone groups is 1. The van der Waals surface area contributed by atoms with Crippen molar-refractivity contribution < 1.29 is 26.4 Å². The number of sulfonamides is 1. The van der Waals surface area contributed by atoms with Gasteiger partial charge in [-0.2, -0.15) is 0 Å². The van der Waals surface area contributed by atoms with E-state index >= 15 is 0 Å². The van der Waals surface area contributed by atoms with Crippen molar-refractivity contribution >= 4 is 31.7 Å². The van der Waals surface area contributed by atoms with Crippen LogP contribution in [0.4, 0.5) is 0 Å². The Balaban J connectivity index is 1.81. The van der Waals surface area contributed by atoms with Gasteiger partial charge in [0, 0.05) is 26.2 Å². The number of hydrogen-bond donors (Lipinski definition) is 2. The van der Waals surface area contributed by atoms with E-state index in [-0.39, 0.29) is 40.6 Å². The van der Waals surface area contributed by atoms with Gasteiger partial charge in [0.1, 0.15) is 0 Å². The number of hydrogen-bond acceptors (Lipinski definition) is 6. The molecule has 0 spiro atoms. The molecule has 9 nitrogen and oxygen atoms in total. The lowest BCUT2D eigenvalue weighted by molar-refractivity contribution is -0.120. The van der Waals surface area contributed by atoms with Gasteiger partial charge in [-0.1, -0.05) is 24.3 Å². The highest BCUT2D eigenvalue weighted by atomic mass is 32.2. The van der Waals surface area contributed by atoms with Crippen LogP contribution in [0, 0.1) is 0 Å². The van der Waals surface area contributed by atoms with E-state index in [1.807, 2.05) is 0 Å². The van der Waals surface area contributed by atoms with Gasteiger partial charge < -0.3 is 10.6 Å². The molecule has 0 atom stereocenters. The fourth-order valence-electron chi connectivity index (χ4n) is 2.57. The van der Waals surface area contributed by atoms with Gasteiger partial charge >= 0.3 is 0 Å². The van der Waals surface area contributed by atoms with Crippen LogP contribution in [0.25, 0.3) is 0 Å². The van der Waals surface area contributed by atoms with Crippen molar-refractivity contribution in [3.05, 3.63) is 60.2 Å². The van der Waals surface area contributed by atoms with Crippen LogP contribution in [0.2, 0.25) is 0 Å². The number of nitrogens with one attached hydrogen (secondary N) is 2. The van der Waals surface area contributed by atoms with E-state index in [4.69, 9.17) is 0 Å². The first-order valence-electron chi connectivity index (χ1n) is 9.39. The van der Waals surface area contributed by atoms with E-state index in [0.29, 0.717) is 0 Å². The molecule has 0 heterocycles. The first kappa shape index (κ1) is 24.5. The van der Waals surface area contributed by atoms with Gasteiger partial charge in [-0.25, -0.2) is 21.1 Å². The second-order valence-electron chi connectivity index (χ2n) is 6.83. The zero-order valence-corrected chi connectivity index (χ0v) is 18.9. The van der Waals surface area contributed by atoms with Crippen molar-refractivity contribution in [3.8, 4) is 0 Å². The third-order valence-corrected chi connectivity index (χ3v) is 7.93. The smallest absolute Gasteiger partial charge is 0.251 e. The summed E-state index contributed by atoms with van der Waals surface area (Å²) in [5, 5.41) is 4.96. The molecule has 2 N–H and O–H groups in total. The molecular weight excluding hydrogens is 442 g/mol. The van der Waals surface area contributed by atoms with E-state index in [2.05, 4.69) is 10.6 Å². The van der Waals surface area contributed by atoms with Crippen LogP contribution >= 0.6 is 0 Å². The first-order valence-corrected chi connectivity index (χ1v) is 12.5. The minimum atomic E-state index is -3.69. The number of benzene rings is 2. The average molecular weight is 468 g/mol. The van der Waals surface area contributed by atoms with Crippen LogP contribution in [-0.2, 0) is 24.7 Å². The van der Waals surface area contributed by atoms with E-state index in [1.54, 1.807) is 18.2 Å². The Morgan fingerprint density at radius 2 is 1.52 bits per heavy atom. The third kappa shape index (κ3) is 6.88. The molecule has 0 saturated heterocycles.